The van der Waals surface area contributed by atoms with Gasteiger partial charge in [-0.1, -0.05) is 30.0 Å². The van der Waals surface area contributed by atoms with Crippen LogP contribution >= 0.6 is 11.8 Å². The van der Waals surface area contributed by atoms with Crippen molar-refractivity contribution in [3.05, 3.63) is 72.6 Å². The van der Waals surface area contributed by atoms with Crippen molar-refractivity contribution >= 4 is 34.5 Å². The highest BCUT2D eigenvalue weighted by atomic mass is 32.2. The minimum atomic E-state index is -0.0896. The Kier molecular flexibility index (Phi) is 5.24. The molecule has 0 saturated carbocycles. The molecule has 9 heteroatoms. The summed E-state index contributed by atoms with van der Waals surface area (Å²) in [5, 5.41) is 16.9. The van der Waals surface area contributed by atoms with Crippen LogP contribution in [0.5, 0.6) is 5.75 Å². The maximum absolute atomic E-state index is 12.4. The second-order valence-corrected chi connectivity index (χ2v) is 8.16. The van der Waals surface area contributed by atoms with Crippen molar-refractivity contribution in [2.24, 2.45) is 0 Å². The van der Waals surface area contributed by atoms with Gasteiger partial charge in [-0.05, 0) is 48.9 Å². The van der Waals surface area contributed by atoms with E-state index in [1.165, 1.54) is 11.8 Å². The lowest BCUT2D eigenvalue weighted by molar-refractivity contribution is -0.113. The standard InChI is InChI=1S/C23H20N6O2S/c1-15-5-3-4-6-18(15)24-21(30)14-32-23-26-25-22-20-13-19(27-29(20)12-11-28(22)23)16-7-9-17(31-2)10-8-16/h3-13H,14H2,1-2H3,(H,24,30). The number of carbonyl (C=O) groups is 1. The minimum absolute atomic E-state index is 0.0896. The minimum Gasteiger partial charge on any atom is -0.497 e. The highest BCUT2D eigenvalue weighted by Crippen LogP contribution is 2.25. The first-order valence-corrected chi connectivity index (χ1v) is 11.0. The van der Waals surface area contributed by atoms with E-state index in [0.717, 1.165) is 33.8 Å². The first kappa shape index (κ1) is 20.1. The quantitative estimate of drug-likeness (QED) is 0.397. The van der Waals surface area contributed by atoms with Gasteiger partial charge in [0.15, 0.2) is 10.8 Å². The van der Waals surface area contributed by atoms with Crippen molar-refractivity contribution in [3.8, 4) is 17.0 Å². The van der Waals surface area contributed by atoms with Crippen molar-refractivity contribution in [1.82, 2.24) is 24.2 Å². The Hall–Kier alpha value is -3.85. The van der Waals surface area contributed by atoms with Crippen LogP contribution in [0.2, 0.25) is 0 Å². The van der Waals surface area contributed by atoms with E-state index in [9.17, 15) is 4.79 Å². The summed E-state index contributed by atoms with van der Waals surface area (Å²) in [5.74, 6) is 0.940. The van der Waals surface area contributed by atoms with Crippen LogP contribution in [-0.2, 0) is 4.79 Å². The molecule has 5 aromatic rings. The first-order chi connectivity index (χ1) is 15.6. The number of para-hydroxylation sites is 1. The molecule has 2 aromatic carbocycles. The number of anilines is 1. The molecule has 0 aliphatic heterocycles. The molecule has 0 aliphatic carbocycles. The van der Waals surface area contributed by atoms with Crippen LogP contribution in [0.15, 0.2) is 72.1 Å². The van der Waals surface area contributed by atoms with E-state index < -0.39 is 0 Å². The molecule has 32 heavy (non-hydrogen) atoms. The number of methoxy groups -OCH3 is 1. The fraction of sp³-hybridized carbons (Fsp3) is 0.130. The van der Waals surface area contributed by atoms with Gasteiger partial charge in [0.05, 0.1) is 18.6 Å². The van der Waals surface area contributed by atoms with Crippen LogP contribution in [0.3, 0.4) is 0 Å². The molecule has 3 heterocycles. The van der Waals surface area contributed by atoms with Gasteiger partial charge in [-0.3, -0.25) is 9.20 Å². The number of nitrogens with one attached hydrogen (secondary N) is 1. The molecule has 0 radical (unpaired) electrons. The molecule has 1 N–H and O–H groups in total. The maximum Gasteiger partial charge on any atom is 0.234 e. The third-order valence-corrected chi connectivity index (χ3v) is 6.07. The van der Waals surface area contributed by atoms with Gasteiger partial charge < -0.3 is 10.1 Å². The molecule has 0 bridgehead atoms. The zero-order valence-electron chi connectivity index (χ0n) is 17.5. The number of aryl methyl sites for hydroxylation is 1. The van der Waals surface area contributed by atoms with E-state index in [-0.39, 0.29) is 11.7 Å². The number of nitrogens with zero attached hydrogens (tertiary/aromatic N) is 5. The molecule has 0 unspecified atom stereocenters. The summed E-state index contributed by atoms with van der Waals surface area (Å²) >= 11 is 1.34. The monoisotopic (exact) mass is 444 g/mol. The number of thioether (sulfide) groups is 1. The molecule has 1 amide bonds. The Balaban J connectivity index is 1.37. The molecule has 8 nitrogen and oxygen atoms in total. The number of aromatic nitrogens is 5. The summed E-state index contributed by atoms with van der Waals surface area (Å²) in [6.07, 6.45) is 3.71. The van der Waals surface area contributed by atoms with Crippen LogP contribution in [0.4, 0.5) is 5.69 Å². The normalized spacial score (nSPS) is 11.2. The number of fused-ring (bicyclic) bond motifs is 3. The lowest BCUT2D eigenvalue weighted by atomic mass is 10.1. The topological polar surface area (TPSA) is 85.8 Å². The van der Waals surface area contributed by atoms with Crippen molar-refractivity contribution in [2.45, 2.75) is 12.1 Å². The van der Waals surface area contributed by atoms with Gasteiger partial charge >= 0.3 is 0 Å². The molecular formula is C23H20N6O2S. The fourth-order valence-electron chi connectivity index (χ4n) is 3.42. The smallest absolute Gasteiger partial charge is 0.234 e. The van der Waals surface area contributed by atoms with Crippen molar-refractivity contribution in [1.29, 1.82) is 0 Å². The Morgan fingerprint density at radius 2 is 1.91 bits per heavy atom. The summed E-state index contributed by atoms with van der Waals surface area (Å²) in [6.45, 7) is 1.96. The van der Waals surface area contributed by atoms with Crippen LogP contribution in [0, 0.1) is 6.92 Å². The van der Waals surface area contributed by atoms with Crippen LogP contribution < -0.4 is 10.1 Å². The van der Waals surface area contributed by atoms with Gasteiger partial charge in [0.2, 0.25) is 5.91 Å². The Bertz CT molecular complexity index is 1420. The molecule has 0 atom stereocenters. The van der Waals surface area contributed by atoms with Crippen molar-refractivity contribution in [3.63, 3.8) is 0 Å². The number of ether oxygens (including phenoxy) is 1. The third kappa shape index (κ3) is 3.78. The van der Waals surface area contributed by atoms with Crippen LogP contribution in [-0.4, -0.2) is 43.0 Å². The molecular weight excluding hydrogens is 424 g/mol. The van der Waals surface area contributed by atoms with Gasteiger partial charge in [-0.15, -0.1) is 10.2 Å². The number of hydrogen-bond donors (Lipinski definition) is 1. The highest BCUT2D eigenvalue weighted by Gasteiger charge is 2.14. The van der Waals surface area contributed by atoms with Gasteiger partial charge in [0.1, 0.15) is 11.3 Å². The second-order valence-electron chi connectivity index (χ2n) is 7.21. The van der Waals surface area contributed by atoms with Crippen LogP contribution in [0.1, 0.15) is 5.56 Å². The van der Waals surface area contributed by atoms with Gasteiger partial charge in [-0.25, -0.2) is 4.52 Å². The molecule has 5 rings (SSSR count). The number of amides is 1. The summed E-state index contributed by atoms with van der Waals surface area (Å²) in [6, 6.07) is 17.4. The summed E-state index contributed by atoms with van der Waals surface area (Å²) < 4.78 is 8.88. The Morgan fingerprint density at radius 1 is 1.09 bits per heavy atom. The summed E-state index contributed by atoms with van der Waals surface area (Å²) in [4.78, 5) is 12.4. The Morgan fingerprint density at radius 3 is 2.69 bits per heavy atom. The molecule has 0 spiro atoms. The summed E-state index contributed by atoms with van der Waals surface area (Å²) in [5.41, 5.74) is 5.17. The number of benzene rings is 2. The largest absolute Gasteiger partial charge is 0.497 e. The summed E-state index contributed by atoms with van der Waals surface area (Å²) in [7, 11) is 1.64. The first-order valence-electron chi connectivity index (χ1n) is 9.98. The zero-order valence-corrected chi connectivity index (χ0v) is 18.3. The van der Waals surface area contributed by atoms with Crippen LogP contribution in [0.25, 0.3) is 22.4 Å². The number of hydrogen-bond acceptors (Lipinski definition) is 6. The highest BCUT2D eigenvalue weighted by molar-refractivity contribution is 7.99. The molecule has 0 fully saturated rings. The Labute approximate surface area is 188 Å². The predicted molar refractivity (Wildman–Crippen MR) is 124 cm³/mol. The number of carbonyl (C=O) groups excluding carboxylic acids is 1. The van der Waals surface area contributed by atoms with Gasteiger partial charge in [-0.2, -0.15) is 5.10 Å². The molecule has 0 aliphatic rings. The van der Waals surface area contributed by atoms with E-state index in [1.54, 1.807) is 11.6 Å². The average Bonchev–Trinajstić information content (AvgIpc) is 3.43. The average molecular weight is 445 g/mol. The van der Waals surface area contributed by atoms with Gasteiger partial charge in [0.25, 0.3) is 0 Å². The fourth-order valence-corrected chi connectivity index (χ4v) is 4.14. The SMILES string of the molecule is COc1ccc(-c2cc3c4nnc(SCC(=O)Nc5ccccc5C)n4ccn3n2)cc1. The van der Waals surface area contributed by atoms with E-state index in [2.05, 4.69) is 20.6 Å². The van der Waals surface area contributed by atoms with E-state index in [0.29, 0.717) is 10.8 Å². The van der Waals surface area contributed by atoms with E-state index in [1.807, 2.05) is 78.3 Å². The zero-order chi connectivity index (χ0) is 22.1. The second kappa shape index (κ2) is 8.35. The lowest BCUT2D eigenvalue weighted by Gasteiger charge is -2.07. The van der Waals surface area contributed by atoms with Crippen molar-refractivity contribution < 1.29 is 9.53 Å². The van der Waals surface area contributed by atoms with Gasteiger partial charge in [0, 0.05) is 23.6 Å². The number of rotatable bonds is 6. The lowest BCUT2D eigenvalue weighted by Crippen LogP contribution is -2.15. The maximum atomic E-state index is 12.4. The predicted octanol–water partition coefficient (Wildman–Crippen LogP) is 4.09. The van der Waals surface area contributed by atoms with E-state index in [4.69, 9.17) is 4.74 Å². The molecule has 160 valence electrons. The molecule has 0 saturated heterocycles. The third-order valence-electron chi connectivity index (χ3n) is 5.12. The van der Waals surface area contributed by atoms with Crippen molar-refractivity contribution in [2.75, 3.05) is 18.2 Å². The van der Waals surface area contributed by atoms with E-state index >= 15 is 0 Å². The molecule has 3 aromatic heterocycles.